The third kappa shape index (κ3) is 2.46. The lowest BCUT2D eigenvalue weighted by molar-refractivity contribution is -0.143. The summed E-state index contributed by atoms with van der Waals surface area (Å²) in [4.78, 5) is 24.4. The molecule has 17 heavy (non-hydrogen) atoms. The van der Waals surface area contributed by atoms with Crippen LogP contribution >= 0.6 is 0 Å². The van der Waals surface area contributed by atoms with Crippen LogP contribution < -0.4 is 0 Å². The molecule has 92 valence electrons. The van der Waals surface area contributed by atoms with E-state index in [-0.39, 0.29) is 11.8 Å². The number of carboxylic acid groups (broad SMARTS) is 1. The zero-order chi connectivity index (χ0) is 12.4. The van der Waals surface area contributed by atoms with Crippen LogP contribution in [-0.2, 0) is 4.79 Å². The maximum atomic E-state index is 12.0. The summed E-state index contributed by atoms with van der Waals surface area (Å²) in [6.45, 7) is 2.81. The molecule has 0 bridgehead atoms. The number of aromatic amines is 1. The van der Waals surface area contributed by atoms with Gasteiger partial charge in [-0.1, -0.05) is 0 Å². The van der Waals surface area contributed by atoms with E-state index in [2.05, 4.69) is 10.2 Å². The lowest BCUT2D eigenvalue weighted by Gasteiger charge is -2.29. The van der Waals surface area contributed by atoms with Gasteiger partial charge in [0.05, 0.1) is 5.92 Å². The third-order valence-corrected chi connectivity index (χ3v) is 3.06. The number of hydrogen-bond acceptors (Lipinski definition) is 3. The lowest BCUT2D eigenvalue weighted by Crippen LogP contribution is -2.40. The molecule has 1 saturated heterocycles. The molecule has 2 heterocycles. The molecule has 0 aromatic carbocycles. The summed E-state index contributed by atoms with van der Waals surface area (Å²) >= 11 is 0. The van der Waals surface area contributed by atoms with E-state index in [1.807, 2.05) is 6.92 Å². The molecule has 1 aliphatic heterocycles. The fourth-order valence-electron chi connectivity index (χ4n) is 2.02. The molecular weight excluding hydrogens is 222 g/mol. The summed E-state index contributed by atoms with van der Waals surface area (Å²) < 4.78 is 0. The number of likely N-dealkylation sites (tertiary alicyclic amines) is 1. The Morgan fingerprint density at radius 1 is 1.47 bits per heavy atom. The molecule has 1 aliphatic rings. The monoisotopic (exact) mass is 237 g/mol. The summed E-state index contributed by atoms with van der Waals surface area (Å²) in [6, 6.07) is 1.70. The molecule has 1 aromatic heterocycles. The Labute approximate surface area is 98.6 Å². The van der Waals surface area contributed by atoms with E-state index in [1.54, 1.807) is 11.0 Å². The maximum Gasteiger partial charge on any atom is 0.306 e. The quantitative estimate of drug-likeness (QED) is 0.791. The van der Waals surface area contributed by atoms with E-state index in [4.69, 9.17) is 5.11 Å². The smallest absolute Gasteiger partial charge is 0.306 e. The molecule has 0 radical (unpaired) electrons. The summed E-state index contributed by atoms with van der Waals surface area (Å²) in [5.41, 5.74) is 1.24. The number of aromatic nitrogens is 2. The van der Waals surface area contributed by atoms with E-state index in [0.29, 0.717) is 31.6 Å². The molecule has 6 nitrogen and oxygen atoms in total. The summed E-state index contributed by atoms with van der Waals surface area (Å²) in [6.07, 6.45) is 1.04. The molecule has 2 rings (SSSR count). The van der Waals surface area contributed by atoms with Crippen molar-refractivity contribution in [2.75, 3.05) is 13.1 Å². The number of aliphatic carboxylic acids is 1. The van der Waals surface area contributed by atoms with E-state index >= 15 is 0 Å². The van der Waals surface area contributed by atoms with Gasteiger partial charge in [0.2, 0.25) is 0 Å². The molecule has 0 saturated carbocycles. The van der Waals surface area contributed by atoms with Crippen LogP contribution in [0.1, 0.15) is 29.0 Å². The number of nitrogens with one attached hydrogen (secondary N) is 1. The first-order chi connectivity index (χ1) is 8.08. The van der Waals surface area contributed by atoms with Gasteiger partial charge in [0, 0.05) is 18.8 Å². The Bertz CT molecular complexity index is 433. The van der Waals surface area contributed by atoms with Crippen LogP contribution in [0.15, 0.2) is 6.07 Å². The van der Waals surface area contributed by atoms with Crippen LogP contribution in [-0.4, -0.2) is 45.2 Å². The molecule has 0 atom stereocenters. The van der Waals surface area contributed by atoms with Gasteiger partial charge >= 0.3 is 5.97 Å². The van der Waals surface area contributed by atoms with Gasteiger partial charge in [0.25, 0.3) is 5.91 Å². The minimum Gasteiger partial charge on any atom is -0.481 e. The second-order valence-corrected chi connectivity index (χ2v) is 4.34. The maximum absolute atomic E-state index is 12.0. The number of nitrogens with zero attached hydrogens (tertiary/aromatic N) is 2. The van der Waals surface area contributed by atoms with Crippen molar-refractivity contribution in [2.24, 2.45) is 5.92 Å². The van der Waals surface area contributed by atoms with Gasteiger partial charge in [-0.15, -0.1) is 0 Å². The number of hydrogen-bond donors (Lipinski definition) is 2. The topological polar surface area (TPSA) is 86.3 Å². The molecule has 1 amide bonds. The standard InChI is InChI=1S/C11H15N3O3/c1-7-6-9(13-12-7)10(15)14-4-2-8(3-5-14)11(16)17/h6,8H,2-5H2,1H3,(H,12,13)(H,16,17). The summed E-state index contributed by atoms with van der Waals surface area (Å²) in [7, 11) is 0. The van der Waals surface area contributed by atoms with Gasteiger partial charge in [-0.25, -0.2) is 0 Å². The van der Waals surface area contributed by atoms with Crippen molar-refractivity contribution in [1.82, 2.24) is 15.1 Å². The largest absolute Gasteiger partial charge is 0.481 e. The molecule has 1 aromatic rings. The van der Waals surface area contributed by atoms with Crippen molar-refractivity contribution < 1.29 is 14.7 Å². The number of carbonyl (C=O) groups excluding carboxylic acids is 1. The molecular formula is C11H15N3O3. The Kier molecular flexibility index (Phi) is 3.12. The van der Waals surface area contributed by atoms with Crippen LogP contribution in [0.2, 0.25) is 0 Å². The van der Waals surface area contributed by atoms with Crippen molar-refractivity contribution in [3.8, 4) is 0 Å². The minimum absolute atomic E-state index is 0.127. The van der Waals surface area contributed by atoms with Crippen molar-refractivity contribution in [3.63, 3.8) is 0 Å². The van der Waals surface area contributed by atoms with Gasteiger partial charge in [0.1, 0.15) is 5.69 Å². The number of H-pyrrole nitrogens is 1. The van der Waals surface area contributed by atoms with E-state index < -0.39 is 5.97 Å². The highest BCUT2D eigenvalue weighted by atomic mass is 16.4. The number of rotatable bonds is 2. The van der Waals surface area contributed by atoms with Gasteiger partial charge in [0.15, 0.2) is 0 Å². The van der Waals surface area contributed by atoms with Crippen molar-refractivity contribution in [3.05, 3.63) is 17.5 Å². The first-order valence-electron chi connectivity index (χ1n) is 5.62. The molecule has 0 spiro atoms. The first kappa shape index (κ1) is 11.6. The van der Waals surface area contributed by atoms with Gasteiger partial charge in [-0.3, -0.25) is 14.7 Å². The fraction of sp³-hybridized carbons (Fsp3) is 0.545. The predicted molar refractivity (Wildman–Crippen MR) is 59.6 cm³/mol. The zero-order valence-corrected chi connectivity index (χ0v) is 9.64. The van der Waals surface area contributed by atoms with Gasteiger partial charge in [-0.2, -0.15) is 5.10 Å². The second-order valence-electron chi connectivity index (χ2n) is 4.34. The van der Waals surface area contributed by atoms with E-state index in [9.17, 15) is 9.59 Å². The SMILES string of the molecule is Cc1cc(C(=O)N2CCC(C(=O)O)CC2)n[nH]1. The highest BCUT2D eigenvalue weighted by Gasteiger charge is 2.28. The van der Waals surface area contributed by atoms with E-state index in [1.165, 1.54) is 0 Å². The minimum atomic E-state index is -0.771. The number of piperidine rings is 1. The Hall–Kier alpha value is -1.85. The average Bonchev–Trinajstić information content (AvgIpc) is 2.75. The van der Waals surface area contributed by atoms with Gasteiger partial charge < -0.3 is 10.0 Å². The Morgan fingerprint density at radius 3 is 2.59 bits per heavy atom. The lowest BCUT2D eigenvalue weighted by atomic mass is 9.97. The second kappa shape index (κ2) is 4.57. The molecule has 2 N–H and O–H groups in total. The average molecular weight is 237 g/mol. The molecule has 1 fully saturated rings. The highest BCUT2D eigenvalue weighted by Crippen LogP contribution is 2.18. The zero-order valence-electron chi connectivity index (χ0n) is 9.64. The van der Waals surface area contributed by atoms with Crippen LogP contribution in [0.3, 0.4) is 0 Å². The number of amides is 1. The first-order valence-corrected chi connectivity index (χ1v) is 5.62. The van der Waals surface area contributed by atoms with Crippen molar-refractivity contribution >= 4 is 11.9 Å². The van der Waals surface area contributed by atoms with Gasteiger partial charge in [-0.05, 0) is 25.8 Å². The Balaban J connectivity index is 1.97. The third-order valence-electron chi connectivity index (χ3n) is 3.06. The number of carboxylic acids is 1. The fourth-order valence-corrected chi connectivity index (χ4v) is 2.02. The Morgan fingerprint density at radius 2 is 2.12 bits per heavy atom. The van der Waals surface area contributed by atoms with Crippen molar-refractivity contribution in [1.29, 1.82) is 0 Å². The summed E-state index contributed by atoms with van der Waals surface area (Å²) in [5.74, 6) is -1.22. The van der Waals surface area contributed by atoms with Crippen LogP contribution in [0.4, 0.5) is 0 Å². The van der Waals surface area contributed by atoms with E-state index in [0.717, 1.165) is 5.69 Å². The highest BCUT2D eigenvalue weighted by molar-refractivity contribution is 5.92. The molecule has 0 aliphatic carbocycles. The number of carbonyl (C=O) groups is 2. The van der Waals surface area contributed by atoms with Crippen LogP contribution in [0, 0.1) is 12.8 Å². The molecule has 6 heteroatoms. The van der Waals surface area contributed by atoms with Crippen molar-refractivity contribution in [2.45, 2.75) is 19.8 Å². The number of aryl methyl sites for hydroxylation is 1. The predicted octanol–water partition coefficient (Wildman–Crippen LogP) is 0.655. The normalized spacial score (nSPS) is 17.1. The van der Waals surface area contributed by atoms with Crippen LogP contribution in [0.5, 0.6) is 0 Å². The molecule has 0 unspecified atom stereocenters. The van der Waals surface area contributed by atoms with Crippen LogP contribution in [0.25, 0.3) is 0 Å². The summed E-state index contributed by atoms with van der Waals surface area (Å²) in [5, 5.41) is 15.5.